The predicted molar refractivity (Wildman–Crippen MR) is 127 cm³/mol. The third-order valence-electron chi connectivity index (χ3n) is 6.15. The van der Waals surface area contributed by atoms with E-state index in [9.17, 15) is 31.7 Å². The normalized spacial score (nSPS) is 15.9. The van der Waals surface area contributed by atoms with E-state index in [2.05, 4.69) is 15.3 Å². The number of nitroso groups, excluding NO2 is 1. The number of aryl methyl sites for hydroxylation is 1. The van der Waals surface area contributed by atoms with Crippen LogP contribution in [0.25, 0.3) is 6.08 Å². The van der Waals surface area contributed by atoms with Crippen molar-refractivity contribution in [3.63, 3.8) is 0 Å². The lowest BCUT2D eigenvalue weighted by molar-refractivity contribution is -0.142. The maximum atomic E-state index is 13.8. The Balaban J connectivity index is 1.36. The van der Waals surface area contributed by atoms with E-state index in [0.29, 0.717) is 31.6 Å². The fourth-order valence-corrected chi connectivity index (χ4v) is 5.10. The molecule has 1 aromatic carbocycles. The first-order valence-corrected chi connectivity index (χ1v) is 12.2. The van der Waals surface area contributed by atoms with Crippen molar-refractivity contribution in [3.8, 4) is 0 Å². The van der Waals surface area contributed by atoms with Gasteiger partial charge in [0.1, 0.15) is 18.2 Å². The third-order valence-corrected chi connectivity index (χ3v) is 7.18. The van der Waals surface area contributed by atoms with Crippen molar-refractivity contribution in [2.24, 2.45) is 5.18 Å². The molecule has 2 aromatic heterocycles. The lowest BCUT2D eigenvalue weighted by Crippen LogP contribution is -2.40. The summed E-state index contributed by atoms with van der Waals surface area (Å²) in [6, 6.07) is 3.35. The molecule has 7 nitrogen and oxygen atoms in total. The Hall–Kier alpha value is -3.48. The van der Waals surface area contributed by atoms with Crippen LogP contribution in [0.15, 0.2) is 40.9 Å². The molecule has 1 unspecified atom stereocenters. The summed E-state index contributed by atoms with van der Waals surface area (Å²) in [7, 11) is 0. The number of nitrogens with zero attached hydrogens (tertiary/aromatic N) is 5. The molecule has 1 amide bonds. The predicted octanol–water partition coefficient (Wildman–Crippen LogP) is 5.87. The van der Waals surface area contributed by atoms with Crippen LogP contribution in [0.2, 0.25) is 0 Å². The summed E-state index contributed by atoms with van der Waals surface area (Å²) in [5, 5.41) is 8.94. The molecule has 0 spiro atoms. The number of alkyl halides is 3. The van der Waals surface area contributed by atoms with E-state index >= 15 is 0 Å². The first kappa shape index (κ1) is 26.6. The number of rotatable bonds is 7. The maximum absolute atomic E-state index is 13.8. The smallest absolute Gasteiger partial charge is 0.341 e. The van der Waals surface area contributed by atoms with Crippen molar-refractivity contribution in [1.82, 2.24) is 19.7 Å². The Bertz CT molecular complexity index is 1290. The molecule has 0 radical (unpaired) electrons. The molecule has 1 saturated heterocycles. The van der Waals surface area contributed by atoms with Gasteiger partial charge in [-0.3, -0.25) is 9.48 Å². The molecule has 37 heavy (non-hydrogen) atoms. The van der Waals surface area contributed by atoms with Gasteiger partial charge in [0.2, 0.25) is 5.91 Å². The molecular weight excluding hydrogens is 517 g/mol. The van der Waals surface area contributed by atoms with Gasteiger partial charge in [0.15, 0.2) is 11.7 Å². The number of carbonyl (C=O) groups excluding carboxylic acids is 1. The Morgan fingerprint density at radius 3 is 2.51 bits per heavy atom. The number of amides is 1. The zero-order chi connectivity index (χ0) is 26.7. The molecule has 3 aromatic rings. The van der Waals surface area contributed by atoms with E-state index in [-0.39, 0.29) is 29.6 Å². The van der Waals surface area contributed by atoms with E-state index in [0.717, 1.165) is 27.9 Å². The zero-order valence-electron chi connectivity index (χ0n) is 19.6. The van der Waals surface area contributed by atoms with Crippen LogP contribution in [-0.2, 0) is 17.5 Å². The topological polar surface area (TPSA) is 80.5 Å². The first-order chi connectivity index (χ1) is 17.6. The van der Waals surface area contributed by atoms with Gasteiger partial charge >= 0.3 is 6.18 Å². The second-order valence-electron chi connectivity index (χ2n) is 8.64. The highest BCUT2D eigenvalue weighted by molar-refractivity contribution is 7.09. The summed E-state index contributed by atoms with van der Waals surface area (Å²) >= 11 is 1.33. The summed E-state index contributed by atoms with van der Waals surface area (Å²) in [6.45, 7) is 1.97. The van der Waals surface area contributed by atoms with Gasteiger partial charge in [-0.2, -0.15) is 18.3 Å². The van der Waals surface area contributed by atoms with Crippen LogP contribution in [0.5, 0.6) is 0 Å². The number of thiazole rings is 1. The molecule has 0 N–H and O–H groups in total. The number of likely N-dealkylation sites (tertiary alicyclic amines) is 1. The van der Waals surface area contributed by atoms with E-state index in [1.165, 1.54) is 36.5 Å². The van der Waals surface area contributed by atoms with Gasteiger partial charge in [-0.25, -0.2) is 13.8 Å². The molecule has 1 atom stereocenters. The van der Waals surface area contributed by atoms with E-state index in [1.807, 2.05) is 0 Å². The highest BCUT2D eigenvalue weighted by Crippen LogP contribution is 2.33. The highest BCUT2D eigenvalue weighted by atomic mass is 32.1. The minimum atomic E-state index is -4.58. The quantitative estimate of drug-likeness (QED) is 0.278. The van der Waals surface area contributed by atoms with Gasteiger partial charge in [0.05, 0.1) is 10.7 Å². The molecule has 1 aliphatic heterocycles. The standard InChI is InChI=1S/C24H22F5N5O2S/c1-14-11-21(24(27,28)29)31-34(14)12-22(35)33-9-7-15(8-10-33)23-30-20(13-37-23)19(32-36)6-5-16-17(25)3-2-4-18(16)26/h2-6,11,13,15,19H,7-10,12H2,1H3. The van der Waals surface area contributed by atoms with Crippen molar-refractivity contribution in [2.75, 3.05) is 13.1 Å². The van der Waals surface area contributed by atoms with Crippen LogP contribution in [-0.4, -0.2) is 38.7 Å². The highest BCUT2D eigenvalue weighted by Gasteiger charge is 2.35. The summed E-state index contributed by atoms with van der Waals surface area (Å²) in [4.78, 5) is 30.1. The molecular formula is C24H22F5N5O2S. The average molecular weight is 540 g/mol. The van der Waals surface area contributed by atoms with Crippen molar-refractivity contribution in [1.29, 1.82) is 0 Å². The van der Waals surface area contributed by atoms with Crippen LogP contribution >= 0.6 is 11.3 Å². The molecule has 1 aliphatic rings. The summed E-state index contributed by atoms with van der Waals surface area (Å²) in [6.07, 6.45) is -0.957. The van der Waals surface area contributed by atoms with Crippen LogP contribution in [0.3, 0.4) is 0 Å². The van der Waals surface area contributed by atoms with Gasteiger partial charge < -0.3 is 4.90 Å². The van der Waals surface area contributed by atoms with Gasteiger partial charge in [0.25, 0.3) is 0 Å². The summed E-state index contributed by atoms with van der Waals surface area (Å²) < 4.78 is 67.4. The molecule has 3 heterocycles. The maximum Gasteiger partial charge on any atom is 0.435 e. The molecule has 0 aliphatic carbocycles. The Labute approximate surface area is 212 Å². The lowest BCUT2D eigenvalue weighted by Gasteiger charge is -2.31. The number of carbonyl (C=O) groups is 1. The van der Waals surface area contributed by atoms with Crippen LogP contribution in [0.4, 0.5) is 22.0 Å². The number of halogens is 5. The number of piperidine rings is 1. The minimum absolute atomic E-state index is 0.0198. The lowest BCUT2D eigenvalue weighted by atomic mass is 9.97. The van der Waals surface area contributed by atoms with Gasteiger partial charge in [-0.15, -0.1) is 16.2 Å². The van der Waals surface area contributed by atoms with E-state index in [4.69, 9.17) is 0 Å². The van der Waals surface area contributed by atoms with Crippen molar-refractivity contribution < 1.29 is 26.7 Å². The zero-order valence-corrected chi connectivity index (χ0v) is 20.4. The molecule has 0 saturated carbocycles. The second-order valence-corrected chi connectivity index (χ2v) is 9.53. The second kappa shape index (κ2) is 10.9. The average Bonchev–Trinajstić information content (AvgIpc) is 3.48. The molecule has 4 rings (SSSR count). The van der Waals surface area contributed by atoms with Crippen molar-refractivity contribution >= 4 is 23.3 Å². The number of aromatic nitrogens is 3. The largest absolute Gasteiger partial charge is 0.435 e. The van der Waals surface area contributed by atoms with Crippen LogP contribution < -0.4 is 0 Å². The first-order valence-electron chi connectivity index (χ1n) is 11.4. The number of benzene rings is 1. The summed E-state index contributed by atoms with van der Waals surface area (Å²) in [5.41, 5.74) is -0.705. The third kappa shape index (κ3) is 6.09. The molecule has 1 fully saturated rings. The summed E-state index contributed by atoms with van der Waals surface area (Å²) in [5.74, 6) is -1.82. The Morgan fingerprint density at radius 2 is 1.92 bits per heavy atom. The van der Waals surface area contributed by atoms with Crippen LogP contribution in [0.1, 0.15) is 52.5 Å². The van der Waals surface area contributed by atoms with E-state index in [1.54, 1.807) is 10.3 Å². The van der Waals surface area contributed by atoms with Crippen LogP contribution in [0, 0.1) is 23.5 Å². The van der Waals surface area contributed by atoms with Gasteiger partial charge in [-0.05, 0) is 44.0 Å². The van der Waals surface area contributed by atoms with Gasteiger partial charge in [-0.1, -0.05) is 17.3 Å². The fraction of sp³-hybridized carbons (Fsp3) is 0.375. The monoisotopic (exact) mass is 539 g/mol. The van der Waals surface area contributed by atoms with E-state index < -0.39 is 29.5 Å². The van der Waals surface area contributed by atoms with Crippen molar-refractivity contribution in [3.05, 3.63) is 79.9 Å². The SMILES string of the molecule is Cc1cc(C(F)(F)F)nn1CC(=O)N1CCC(c2nc(C(C=Cc3c(F)cccc3F)N=O)cs2)CC1. The molecule has 196 valence electrons. The number of hydrogen-bond acceptors (Lipinski definition) is 6. The fourth-order valence-electron chi connectivity index (χ4n) is 4.08. The van der Waals surface area contributed by atoms with Crippen molar-refractivity contribution in [2.45, 2.75) is 44.4 Å². The van der Waals surface area contributed by atoms with Gasteiger partial charge in [0, 0.05) is 35.6 Å². The Morgan fingerprint density at radius 1 is 1.24 bits per heavy atom. The molecule has 0 bridgehead atoms. The minimum Gasteiger partial charge on any atom is -0.341 e. The Kier molecular flexibility index (Phi) is 7.81. The number of hydrogen-bond donors (Lipinski definition) is 0. The molecule has 13 heteroatoms.